The first-order valence-electron chi connectivity index (χ1n) is 10.4. The van der Waals surface area contributed by atoms with Crippen LogP contribution in [0.4, 0.5) is 0 Å². The molecule has 150 valence electrons. The maximum atomic E-state index is 13.1. The molecule has 7 nitrogen and oxygen atoms in total. The molecule has 1 amide bonds. The van der Waals surface area contributed by atoms with Crippen molar-refractivity contribution in [1.29, 1.82) is 0 Å². The summed E-state index contributed by atoms with van der Waals surface area (Å²) in [5.41, 5.74) is 1.17. The van der Waals surface area contributed by atoms with E-state index >= 15 is 0 Å². The number of benzene rings is 1. The average molecular weight is 385 g/mol. The highest BCUT2D eigenvalue weighted by Crippen LogP contribution is 2.41. The molecule has 0 spiro atoms. The number of hydrogen-bond acceptors (Lipinski definition) is 5. The zero-order chi connectivity index (χ0) is 19.3. The van der Waals surface area contributed by atoms with Crippen molar-refractivity contribution in [2.24, 2.45) is 11.8 Å². The first-order chi connectivity index (χ1) is 13.7. The SMILES string of the molecule is O=C(Cn1c(=O)oc2ccccc21)N1C[C@H]2C[C@@H](C1)[C@H](CO)N1CCCC[C@@H]21. The maximum Gasteiger partial charge on any atom is 0.420 e. The predicted octanol–water partition coefficient (Wildman–Crippen LogP) is 1.29. The van der Waals surface area contributed by atoms with E-state index in [0.717, 1.165) is 25.9 Å². The van der Waals surface area contributed by atoms with E-state index in [0.29, 0.717) is 35.5 Å². The van der Waals surface area contributed by atoms with E-state index in [1.165, 1.54) is 17.4 Å². The number of aliphatic hydroxyl groups excluding tert-OH is 1. The van der Waals surface area contributed by atoms with Crippen LogP contribution in [0.15, 0.2) is 33.5 Å². The lowest BCUT2D eigenvalue weighted by atomic mass is 9.72. The summed E-state index contributed by atoms with van der Waals surface area (Å²) in [6.45, 7) is 2.63. The predicted molar refractivity (Wildman–Crippen MR) is 104 cm³/mol. The molecule has 0 radical (unpaired) electrons. The molecule has 0 aliphatic carbocycles. The van der Waals surface area contributed by atoms with Gasteiger partial charge in [0.2, 0.25) is 5.91 Å². The van der Waals surface area contributed by atoms with Crippen molar-refractivity contribution in [2.75, 3.05) is 26.2 Å². The molecule has 5 rings (SSSR count). The van der Waals surface area contributed by atoms with Gasteiger partial charge in [-0.05, 0) is 49.8 Å². The van der Waals surface area contributed by atoms with E-state index in [-0.39, 0.29) is 25.1 Å². The van der Waals surface area contributed by atoms with Crippen LogP contribution in [0.5, 0.6) is 0 Å². The summed E-state index contributed by atoms with van der Waals surface area (Å²) >= 11 is 0. The number of hydrogen-bond donors (Lipinski definition) is 1. The number of aromatic nitrogens is 1. The number of rotatable bonds is 3. The van der Waals surface area contributed by atoms with Crippen LogP contribution in [0.1, 0.15) is 25.7 Å². The second kappa shape index (κ2) is 7.04. The Labute approximate surface area is 163 Å². The fourth-order valence-corrected chi connectivity index (χ4v) is 5.76. The van der Waals surface area contributed by atoms with E-state index in [1.807, 2.05) is 17.0 Å². The van der Waals surface area contributed by atoms with Crippen molar-refractivity contribution in [3.63, 3.8) is 0 Å². The van der Waals surface area contributed by atoms with Gasteiger partial charge in [0.05, 0.1) is 12.1 Å². The molecule has 3 saturated heterocycles. The minimum absolute atomic E-state index is 0.00740. The number of nitrogens with zero attached hydrogens (tertiary/aromatic N) is 3. The molecule has 7 heteroatoms. The Kier molecular flexibility index (Phi) is 4.51. The quantitative estimate of drug-likeness (QED) is 0.861. The topological polar surface area (TPSA) is 78.9 Å². The molecule has 28 heavy (non-hydrogen) atoms. The van der Waals surface area contributed by atoms with Gasteiger partial charge >= 0.3 is 5.76 Å². The third-order valence-electron chi connectivity index (χ3n) is 7.03. The van der Waals surface area contributed by atoms with Crippen molar-refractivity contribution in [2.45, 2.75) is 44.3 Å². The summed E-state index contributed by atoms with van der Waals surface area (Å²) in [5, 5.41) is 10.0. The Morgan fingerprint density at radius 2 is 2.00 bits per heavy atom. The molecule has 1 aromatic heterocycles. The van der Waals surface area contributed by atoms with Crippen LogP contribution < -0.4 is 5.76 Å². The van der Waals surface area contributed by atoms with Gasteiger partial charge in [-0.3, -0.25) is 14.3 Å². The van der Waals surface area contributed by atoms with E-state index in [2.05, 4.69) is 4.90 Å². The van der Waals surface area contributed by atoms with Gasteiger partial charge in [0.1, 0.15) is 6.54 Å². The number of oxazole rings is 1. The van der Waals surface area contributed by atoms with E-state index in [1.54, 1.807) is 12.1 Å². The van der Waals surface area contributed by atoms with Crippen LogP contribution in [0.3, 0.4) is 0 Å². The van der Waals surface area contributed by atoms with Gasteiger partial charge in [0.25, 0.3) is 0 Å². The number of para-hydroxylation sites is 2. The molecule has 2 bridgehead atoms. The standard InChI is InChI=1S/C21H27N3O4/c25-13-18-15-9-14(16-5-3-4-8-23(16)18)10-22(11-15)20(26)12-24-17-6-1-2-7-19(17)28-21(24)27/h1-2,6-7,14-16,18,25H,3-5,8-13H2/t14-,15+,16+,18+/m1/s1. The molecule has 0 unspecified atom stereocenters. The van der Waals surface area contributed by atoms with Crippen molar-refractivity contribution >= 4 is 17.0 Å². The third kappa shape index (κ3) is 2.88. The fourth-order valence-electron chi connectivity index (χ4n) is 5.76. The molecule has 2 aromatic rings. The van der Waals surface area contributed by atoms with Crippen LogP contribution in [-0.2, 0) is 11.3 Å². The van der Waals surface area contributed by atoms with Crippen LogP contribution in [-0.4, -0.2) is 63.7 Å². The number of amides is 1. The molecular formula is C21H27N3O4. The lowest BCUT2D eigenvalue weighted by Crippen LogP contribution is -2.65. The fraction of sp³-hybridized carbons (Fsp3) is 0.619. The zero-order valence-corrected chi connectivity index (χ0v) is 16.0. The molecule has 3 fully saturated rings. The molecule has 4 atom stereocenters. The lowest BCUT2D eigenvalue weighted by molar-refractivity contribution is -0.143. The number of likely N-dealkylation sites (tertiary alicyclic amines) is 1. The largest absolute Gasteiger partial charge is 0.420 e. The molecule has 1 aromatic carbocycles. The second-order valence-corrected chi connectivity index (χ2v) is 8.53. The zero-order valence-electron chi connectivity index (χ0n) is 16.0. The van der Waals surface area contributed by atoms with Gasteiger partial charge < -0.3 is 14.4 Å². The van der Waals surface area contributed by atoms with E-state index in [4.69, 9.17) is 4.42 Å². The molecule has 3 aliphatic heterocycles. The van der Waals surface area contributed by atoms with Gasteiger partial charge in [0, 0.05) is 25.2 Å². The third-order valence-corrected chi connectivity index (χ3v) is 7.03. The van der Waals surface area contributed by atoms with E-state index in [9.17, 15) is 14.7 Å². The minimum atomic E-state index is -0.488. The van der Waals surface area contributed by atoms with Crippen LogP contribution in [0, 0.1) is 11.8 Å². The van der Waals surface area contributed by atoms with Crippen molar-refractivity contribution in [3.05, 3.63) is 34.8 Å². The average Bonchev–Trinajstić information content (AvgIpc) is 3.03. The summed E-state index contributed by atoms with van der Waals surface area (Å²) < 4.78 is 6.69. The second-order valence-electron chi connectivity index (χ2n) is 8.53. The van der Waals surface area contributed by atoms with Crippen molar-refractivity contribution in [3.8, 4) is 0 Å². The van der Waals surface area contributed by atoms with Crippen LogP contribution in [0.2, 0.25) is 0 Å². The van der Waals surface area contributed by atoms with Crippen molar-refractivity contribution < 1.29 is 14.3 Å². The van der Waals surface area contributed by atoms with Crippen molar-refractivity contribution in [1.82, 2.24) is 14.4 Å². The molecular weight excluding hydrogens is 358 g/mol. The number of carbonyl (C=O) groups excluding carboxylic acids is 1. The number of fused-ring (bicyclic) bond motifs is 5. The Balaban J connectivity index is 1.37. The minimum Gasteiger partial charge on any atom is -0.408 e. The highest BCUT2D eigenvalue weighted by Gasteiger charge is 2.47. The Bertz CT molecular complexity index is 921. The number of carbonyl (C=O) groups is 1. The lowest BCUT2D eigenvalue weighted by Gasteiger charge is -2.56. The summed E-state index contributed by atoms with van der Waals surface area (Å²) in [4.78, 5) is 29.8. The first kappa shape index (κ1) is 17.9. The monoisotopic (exact) mass is 385 g/mol. The van der Waals surface area contributed by atoms with Gasteiger partial charge in [-0.15, -0.1) is 0 Å². The summed E-state index contributed by atoms with van der Waals surface area (Å²) in [6, 6.07) is 7.82. The highest BCUT2D eigenvalue weighted by atomic mass is 16.4. The Hall–Kier alpha value is -2.12. The Morgan fingerprint density at radius 1 is 1.18 bits per heavy atom. The highest BCUT2D eigenvalue weighted by molar-refractivity contribution is 5.79. The smallest absolute Gasteiger partial charge is 0.408 e. The normalized spacial score (nSPS) is 30.4. The molecule has 0 saturated carbocycles. The number of aliphatic hydroxyl groups is 1. The summed E-state index contributed by atoms with van der Waals surface area (Å²) in [5.74, 6) is 0.242. The van der Waals surface area contributed by atoms with Gasteiger partial charge in [0.15, 0.2) is 5.58 Å². The summed E-state index contributed by atoms with van der Waals surface area (Å²) in [7, 11) is 0. The van der Waals surface area contributed by atoms with Gasteiger partial charge in [-0.2, -0.15) is 0 Å². The van der Waals surface area contributed by atoms with E-state index < -0.39 is 5.76 Å². The molecule has 4 heterocycles. The maximum absolute atomic E-state index is 13.1. The van der Waals surface area contributed by atoms with Gasteiger partial charge in [-0.1, -0.05) is 18.6 Å². The molecule has 3 aliphatic rings. The first-order valence-corrected chi connectivity index (χ1v) is 10.4. The summed E-state index contributed by atoms with van der Waals surface area (Å²) in [6.07, 6.45) is 4.67. The molecule has 1 N–H and O–H groups in total. The van der Waals surface area contributed by atoms with Crippen LogP contribution >= 0.6 is 0 Å². The van der Waals surface area contributed by atoms with Crippen LogP contribution in [0.25, 0.3) is 11.1 Å². The number of piperidine rings is 3. The van der Waals surface area contributed by atoms with Gasteiger partial charge in [-0.25, -0.2) is 4.79 Å². The Morgan fingerprint density at radius 3 is 2.86 bits per heavy atom.